The topological polar surface area (TPSA) is 80.8 Å². The largest absolute Gasteiger partial charge is 0.451 e. The molecule has 1 atom stereocenters. The monoisotopic (exact) mass is 411 g/mol. The van der Waals surface area contributed by atoms with Crippen LogP contribution in [0.2, 0.25) is 0 Å². The molecular weight excluding hydrogens is 393 g/mol. The Hall–Kier alpha value is -2.00. The smallest absolute Gasteiger partial charge is 0.348 e. The highest BCUT2D eigenvalue weighted by atomic mass is 32.2. The predicted molar refractivity (Wildman–Crippen MR) is 99.0 cm³/mol. The molecule has 0 radical (unpaired) electrons. The molecule has 6 nitrogen and oxygen atoms in total. The fourth-order valence-corrected chi connectivity index (χ4v) is 6.13. The predicted octanol–water partition coefficient (Wildman–Crippen LogP) is 2.38. The molecule has 2 aromatic rings. The summed E-state index contributed by atoms with van der Waals surface area (Å²) in [5, 5.41) is 0.344. The van der Waals surface area contributed by atoms with Crippen molar-refractivity contribution in [2.24, 2.45) is 0 Å². The molecule has 1 saturated heterocycles. The van der Waals surface area contributed by atoms with Gasteiger partial charge in [0.25, 0.3) is 5.91 Å². The van der Waals surface area contributed by atoms with Gasteiger partial charge in [0.05, 0.1) is 11.5 Å². The summed E-state index contributed by atoms with van der Waals surface area (Å²) in [6.45, 7) is -0.442. The van der Waals surface area contributed by atoms with Crippen LogP contribution in [0.3, 0.4) is 0 Å². The number of hydrogen-bond donors (Lipinski definition) is 0. The quantitative estimate of drug-likeness (QED) is 0.706. The molecule has 0 unspecified atom stereocenters. The molecule has 0 spiro atoms. The van der Waals surface area contributed by atoms with E-state index in [0.29, 0.717) is 16.5 Å². The van der Waals surface area contributed by atoms with Gasteiger partial charge in [0.15, 0.2) is 16.4 Å². The molecule has 2 fully saturated rings. The number of benzene rings is 1. The van der Waals surface area contributed by atoms with E-state index in [1.54, 1.807) is 17.0 Å². The number of thiophene rings is 1. The highest BCUT2D eigenvalue weighted by molar-refractivity contribution is 7.91. The molecule has 1 amide bonds. The van der Waals surface area contributed by atoms with Crippen LogP contribution >= 0.6 is 11.3 Å². The first-order valence-electron chi connectivity index (χ1n) is 8.71. The number of amides is 1. The summed E-state index contributed by atoms with van der Waals surface area (Å²) in [5.74, 6) is -1.42. The standard InChI is InChI=1S/C18H18FNO5S2/c19-14-2-1-3-15-13(14)8-16(26-15)18(22)25-9-17(21)20(11-4-5-11)12-6-7-27(23,24)10-12/h1-3,8,11-12H,4-7,9-10H2/t12-/m0/s1. The second-order valence-electron chi connectivity index (χ2n) is 6.93. The summed E-state index contributed by atoms with van der Waals surface area (Å²) in [6.07, 6.45) is 2.10. The molecule has 1 aliphatic heterocycles. The van der Waals surface area contributed by atoms with Crippen molar-refractivity contribution in [2.75, 3.05) is 18.1 Å². The molecule has 1 saturated carbocycles. The first-order valence-corrected chi connectivity index (χ1v) is 11.3. The van der Waals surface area contributed by atoms with E-state index in [9.17, 15) is 22.4 Å². The minimum absolute atomic E-state index is 0.0290. The maximum atomic E-state index is 13.8. The van der Waals surface area contributed by atoms with Crippen molar-refractivity contribution in [1.82, 2.24) is 4.90 Å². The molecule has 0 N–H and O–H groups in total. The summed E-state index contributed by atoms with van der Waals surface area (Å²) in [6, 6.07) is 5.71. The van der Waals surface area contributed by atoms with Crippen LogP contribution in [0.25, 0.3) is 10.1 Å². The highest BCUT2D eigenvalue weighted by Gasteiger charge is 2.42. The van der Waals surface area contributed by atoms with Gasteiger partial charge in [-0.05, 0) is 37.5 Å². The molecule has 4 rings (SSSR count). The second-order valence-corrected chi connectivity index (χ2v) is 10.2. The van der Waals surface area contributed by atoms with Crippen LogP contribution in [-0.4, -0.2) is 55.4 Å². The number of halogens is 1. The van der Waals surface area contributed by atoms with Crippen LogP contribution in [0.4, 0.5) is 4.39 Å². The normalized spacial score (nSPS) is 21.3. The van der Waals surface area contributed by atoms with Crippen LogP contribution in [-0.2, 0) is 19.4 Å². The van der Waals surface area contributed by atoms with Gasteiger partial charge in [-0.2, -0.15) is 0 Å². The SMILES string of the molecule is O=C(OCC(=O)N(C1CC1)[C@H]1CCS(=O)(=O)C1)c1cc2c(F)cccc2s1. The summed E-state index contributed by atoms with van der Waals surface area (Å²) in [5.41, 5.74) is 0. The Balaban J connectivity index is 1.42. The van der Waals surface area contributed by atoms with Crippen LogP contribution in [0.5, 0.6) is 0 Å². The minimum Gasteiger partial charge on any atom is -0.451 e. The van der Waals surface area contributed by atoms with Gasteiger partial charge >= 0.3 is 5.97 Å². The van der Waals surface area contributed by atoms with E-state index < -0.39 is 28.2 Å². The summed E-state index contributed by atoms with van der Waals surface area (Å²) >= 11 is 1.10. The Labute approximate surface area is 159 Å². The molecule has 1 aromatic heterocycles. The maximum Gasteiger partial charge on any atom is 0.348 e. The van der Waals surface area contributed by atoms with E-state index in [0.717, 1.165) is 24.2 Å². The van der Waals surface area contributed by atoms with E-state index in [1.165, 1.54) is 12.1 Å². The maximum absolute atomic E-state index is 13.8. The van der Waals surface area contributed by atoms with Crippen molar-refractivity contribution in [2.45, 2.75) is 31.3 Å². The molecule has 9 heteroatoms. The van der Waals surface area contributed by atoms with E-state index in [4.69, 9.17) is 4.74 Å². The Morgan fingerprint density at radius 3 is 2.63 bits per heavy atom. The lowest BCUT2D eigenvalue weighted by molar-refractivity contribution is -0.137. The fourth-order valence-electron chi connectivity index (χ4n) is 3.45. The zero-order chi connectivity index (χ0) is 19.2. The van der Waals surface area contributed by atoms with Gasteiger partial charge in [-0.25, -0.2) is 17.6 Å². The Kier molecular flexibility index (Phi) is 4.67. The van der Waals surface area contributed by atoms with Gasteiger partial charge in [0, 0.05) is 22.2 Å². The van der Waals surface area contributed by atoms with Crippen LogP contribution in [0.1, 0.15) is 28.9 Å². The number of hydrogen-bond acceptors (Lipinski definition) is 6. The average Bonchev–Trinajstić information content (AvgIpc) is 3.23. The molecule has 27 heavy (non-hydrogen) atoms. The van der Waals surface area contributed by atoms with Gasteiger partial charge < -0.3 is 9.64 Å². The van der Waals surface area contributed by atoms with Gasteiger partial charge in [-0.1, -0.05) is 6.07 Å². The third-order valence-electron chi connectivity index (χ3n) is 4.87. The van der Waals surface area contributed by atoms with Crippen LogP contribution < -0.4 is 0 Å². The second kappa shape index (κ2) is 6.87. The number of sulfone groups is 1. The zero-order valence-corrected chi connectivity index (χ0v) is 16.0. The summed E-state index contributed by atoms with van der Waals surface area (Å²) in [4.78, 5) is 26.7. The van der Waals surface area contributed by atoms with Crippen molar-refractivity contribution < 1.29 is 27.1 Å². The lowest BCUT2D eigenvalue weighted by atomic mass is 10.2. The summed E-state index contributed by atoms with van der Waals surface area (Å²) in [7, 11) is -3.11. The molecule has 1 aliphatic carbocycles. The van der Waals surface area contributed by atoms with E-state index in [1.807, 2.05) is 0 Å². The lowest BCUT2D eigenvalue weighted by Crippen LogP contribution is -2.44. The molecule has 0 bridgehead atoms. The fraction of sp³-hybridized carbons (Fsp3) is 0.444. The van der Waals surface area contributed by atoms with Gasteiger partial charge in [0.1, 0.15) is 10.7 Å². The molecule has 2 aliphatic rings. The average molecular weight is 411 g/mol. The zero-order valence-electron chi connectivity index (χ0n) is 14.4. The number of nitrogens with zero attached hydrogens (tertiary/aromatic N) is 1. The number of rotatable bonds is 5. The van der Waals surface area contributed by atoms with Crippen LogP contribution in [0, 0.1) is 5.82 Å². The van der Waals surface area contributed by atoms with E-state index in [2.05, 4.69) is 0 Å². The van der Waals surface area contributed by atoms with Crippen molar-refractivity contribution in [1.29, 1.82) is 0 Å². The van der Waals surface area contributed by atoms with E-state index >= 15 is 0 Å². The van der Waals surface area contributed by atoms with Crippen molar-refractivity contribution in [3.05, 3.63) is 35.0 Å². The molecule has 1 aromatic carbocycles. The first kappa shape index (κ1) is 18.4. The molecule has 2 heterocycles. The number of fused-ring (bicyclic) bond motifs is 1. The Morgan fingerprint density at radius 2 is 2.00 bits per heavy atom. The number of esters is 1. The van der Waals surface area contributed by atoms with Gasteiger partial charge in [-0.3, -0.25) is 4.79 Å². The van der Waals surface area contributed by atoms with Crippen LogP contribution in [0.15, 0.2) is 24.3 Å². The van der Waals surface area contributed by atoms with Crippen molar-refractivity contribution >= 4 is 43.1 Å². The van der Waals surface area contributed by atoms with Gasteiger partial charge in [-0.15, -0.1) is 11.3 Å². The Morgan fingerprint density at radius 1 is 1.22 bits per heavy atom. The minimum atomic E-state index is -3.11. The highest BCUT2D eigenvalue weighted by Crippen LogP contribution is 2.32. The third kappa shape index (κ3) is 3.84. The molecular formula is C18H18FNO5S2. The Bertz CT molecular complexity index is 1010. The lowest BCUT2D eigenvalue weighted by Gasteiger charge is -2.28. The number of carbonyl (C=O) groups is 2. The number of ether oxygens (including phenoxy) is 1. The molecule has 144 valence electrons. The summed E-state index contributed by atoms with van der Waals surface area (Å²) < 4.78 is 43.0. The third-order valence-corrected chi connectivity index (χ3v) is 7.70. The van der Waals surface area contributed by atoms with Gasteiger partial charge in [0.2, 0.25) is 0 Å². The first-order chi connectivity index (χ1) is 12.8. The van der Waals surface area contributed by atoms with Crippen molar-refractivity contribution in [3.8, 4) is 0 Å². The van der Waals surface area contributed by atoms with Crippen molar-refractivity contribution in [3.63, 3.8) is 0 Å². The number of carbonyl (C=O) groups excluding carboxylic acids is 2. The van der Waals surface area contributed by atoms with E-state index in [-0.39, 0.29) is 34.4 Å².